The number of benzene rings is 2. The number of nitrogens with one attached hydrogen (secondary N) is 2. The lowest BCUT2D eigenvalue weighted by atomic mass is 10.1. The number of carbonyl (C=O) groups excluding carboxylic acids is 3. The highest BCUT2D eigenvalue weighted by Gasteiger charge is 2.39. The number of amides is 2. The molecule has 170 valence electrons. The minimum absolute atomic E-state index is 0.0509. The molecule has 1 aliphatic carbocycles. The topological polar surface area (TPSA) is 103 Å². The highest BCUT2D eigenvalue weighted by Crippen LogP contribution is 2.40. The van der Waals surface area contributed by atoms with E-state index in [1.165, 1.54) is 26.4 Å². The average molecular weight is 448 g/mol. The average Bonchev–Trinajstić information content (AvgIpc) is 3.50. The predicted molar refractivity (Wildman–Crippen MR) is 111 cm³/mol. The van der Waals surface area contributed by atoms with Crippen LogP contribution in [-0.4, -0.2) is 38.6 Å². The number of halogens is 2. The molecule has 8 nitrogen and oxygen atoms in total. The minimum Gasteiger partial charge on any atom is -0.493 e. The molecule has 0 radical (unpaired) electrons. The number of esters is 1. The van der Waals surface area contributed by atoms with Gasteiger partial charge in [0, 0.05) is 24.1 Å². The van der Waals surface area contributed by atoms with Crippen molar-refractivity contribution >= 4 is 29.2 Å². The second-order valence-corrected chi connectivity index (χ2v) is 7.31. The molecule has 3 rings (SSSR count). The van der Waals surface area contributed by atoms with E-state index < -0.39 is 30.1 Å². The number of hydrogen-bond donors (Lipinski definition) is 2. The number of ether oxygens (including phenoxy) is 3. The standard InChI is InChI=1S/C22H22F2N2O6/c1-11-6-13(11)21(28)26-17-9-19(31-3)18(30-2)8-14(17)22(29)32-10-20(27)25-16-5-4-12(23)7-15(16)24/h4-5,7-9,11,13H,6,10H2,1-3H3,(H,25,27)(H,26,28). The molecule has 10 heteroatoms. The van der Waals surface area contributed by atoms with Crippen molar-refractivity contribution in [2.24, 2.45) is 11.8 Å². The molecule has 1 saturated carbocycles. The largest absolute Gasteiger partial charge is 0.493 e. The first-order valence-corrected chi connectivity index (χ1v) is 9.72. The van der Waals surface area contributed by atoms with Crippen LogP contribution in [0.1, 0.15) is 23.7 Å². The number of hydrogen-bond acceptors (Lipinski definition) is 6. The van der Waals surface area contributed by atoms with E-state index in [-0.39, 0.29) is 46.2 Å². The maximum atomic E-state index is 13.7. The summed E-state index contributed by atoms with van der Waals surface area (Å²) < 4.78 is 42.1. The molecule has 0 bridgehead atoms. The summed E-state index contributed by atoms with van der Waals surface area (Å²) in [5.74, 6) is -3.16. The molecule has 2 aromatic carbocycles. The molecule has 0 aliphatic heterocycles. The second kappa shape index (κ2) is 9.63. The van der Waals surface area contributed by atoms with Crippen molar-refractivity contribution in [2.45, 2.75) is 13.3 Å². The Morgan fingerprint density at radius 2 is 1.66 bits per heavy atom. The normalized spacial score (nSPS) is 16.7. The molecule has 1 fully saturated rings. The molecule has 0 aromatic heterocycles. The third-order valence-corrected chi connectivity index (χ3v) is 4.99. The van der Waals surface area contributed by atoms with Gasteiger partial charge in [0.15, 0.2) is 18.1 Å². The summed E-state index contributed by atoms with van der Waals surface area (Å²) in [6.45, 7) is 1.20. The quantitative estimate of drug-likeness (QED) is 0.601. The van der Waals surface area contributed by atoms with Crippen LogP contribution in [0.2, 0.25) is 0 Å². The van der Waals surface area contributed by atoms with E-state index >= 15 is 0 Å². The van der Waals surface area contributed by atoms with Gasteiger partial charge < -0.3 is 24.8 Å². The highest BCUT2D eigenvalue weighted by atomic mass is 19.1. The Kier molecular flexibility index (Phi) is 6.92. The van der Waals surface area contributed by atoms with Gasteiger partial charge >= 0.3 is 5.97 Å². The lowest BCUT2D eigenvalue weighted by Crippen LogP contribution is -2.23. The van der Waals surface area contributed by atoms with Gasteiger partial charge in [-0.05, 0) is 24.5 Å². The fourth-order valence-corrected chi connectivity index (χ4v) is 3.05. The molecular formula is C22H22F2N2O6. The van der Waals surface area contributed by atoms with Crippen molar-refractivity contribution in [3.63, 3.8) is 0 Å². The van der Waals surface area contributed by atoms with E-state index in [2.05, 4.69) is 10.6 Å². The van der Waals surface area contributed by atoms with Crippen LogP contribution in [0, 0.1) is 23.5 Å². The molecule has 0 heterocycles. The van der Waals surface area contributed by atoms with Crippen LogP contribution in [0.15, 0.2) is 30.3 Å². The van der Waals surface area contributed by atoms with Gasteiger partial charge in [-0.25, -0.2) is 13.6 Å². The van der Waals surface area contributed by atoms with Crippen molar-refractivity contribution in [1.29, 1.82) is 0 Å². The van der Waals surface area contributed by atoms with Gasteiger partial charge in [0.2, 0.25) is 5.91 Å². The fourth-order valence-electron chi connectivity index (χ4n) is 3.05. The fraction of sp³-hybridized carbons (Fsp3) is 0.318. The van der Waals surface area contributed by atoms with Gasteiger partial charge in [0.25, 0.3) is 5.91 Å². The lowest BCUT2D eigenvalue weighted by Gasteiger charge is -2.15. The van der Waals surface area contributed by atoms with Gasteiger partial charge in [-0.3, -0.25) is 9.59 Å². The maximum Gasteiger partial charge on any atom is 0.340 e. The zero-order valence-electron chi connectivity index (χ0n) is 17.7. The first-order chi connectivity index (χ1) is 15.2. The van der Waals surface area contributed by atoms with E-state index in [9.17, 15) is 23.2 Å². The van der Waals surface area contributed by atoms with Gasteiger partial charge in [-0.1, -0.05) is 6.92 Å². The third-order valence-electron chi connectivity index (χ3n) is 4.99. The molecule has 2 aromatic rings. The Labute approximate surface area is 182 Å². The number of methoxy groups -OCH3 is 2. The van der Waals surface area contributed by atoms with Gasteiger partial charge in [-0.2, -0.15) is 0 Å². The summed E-state index contributed by atoms with van der Waals surface area (Å²) in [5, 5.41) is 4.88. The van der Waals surface area contributed by atoms with E-state index in [0.717, 1.165) is 18.6 Å². The molecule has 2 unspecified atom stereocenters. The van der Waals surface area contributed by atoms with Crippen molar-refractivity contribution < 1.29 is 37.4 Å². The van der Waals surface area contributed by atoms with Crippen LogP contribution >= 0.6 is 0 Å². The van der Waals surface area contributed by atoms with Crippen LogP contribution in [0.5, 0.6) is 11.5 Å². The molecule has 1 aliphatic rings. The zero-order valence-corrected chi connectivity index (χ0v) is 17.7. The van der Waals surface area contributed by atoms with Gasteiger partial charge in [0.1, 0.15) is 11.6 Å². The number of anilines is 2. The molecule has 0 saturated heterocycles. The lowest BCUT2D eigenvalue weighted by molar-refractivity contribution is -0.119. The van der Waals surface area contributed by atoms with Crippen LogP contribution in [0.3, 0.4) is 0 Å². The van der Waals surface area contributed by atoms with Crippen molar-refractivity contribution in [1.82, 2.24) is 0 Å². The minimum atomic E-state index is -0.969. The summed E-state index contributed by atoms with van der Waals surface area (Å²) in [4.78, 5) is 37.1. The maximum absolute atomic E-state index is 13.7. The summed E-state index contributed by atoms with van der Waals surface area (Å²) in [7, 11) is 2.78. The summed E-state index contributed by atoms with van der Waals surface area (Å²) in [6, 6.07) is 5.38. The zero-order chi connectivity index (χ0) is 23.4. The summed E-state index contributed by atoms with van der Waals surface area (Å²) >= 11 is 0. The Bertz CT molecular complexity index is 1060. The number of carbonyl (C=O) groups is 3. The summed E-state index contributed by atoms with van der Waals surface area (Å²) in [6.07, 6.45) is 0.749. The molecule has 32 heavy (non-hydrogen) atoms. The van der Waals surface area contributed by atoms with Crippen LogP contribution in [0.25, 0.3) is 0 Å². The van der Waals surface area contributed by atoms with E-state index in [1.54, 1.807) is 0 Å². The number of rotatable bonds is 8. The predicted octanol–water partition coefficient (Wildman–Crippen LogP) is 3.37. The first kappa shape index (κ1) is 23.0. The Balaban J connectivity index is 1.73. The highest BCUT2D eigenvalue weighted by molar-refractivity contribution is 6.04. The van der Waals surface area contributed by atoms with Gasteiger partial charge in [-0.15, -0.1) is 0 Å². The van der Waals surface area contributed by atoms with Crippen molar-refractivity contribution in [3.05, 3.63) is 47.5 Å². The van der Waals surface area contributed by atoms with E-state index in [0.29, 0.717) is 6.07 Å². The van der Waals surface area contributed by atoms with Gasteiger partial charge in [0.05, 0.1) is 31.2 Å². The van der Waals surface area contributed by atoms with Crippen molar-refractivity contribution in [2.75, 3.05) is 31.5 Å². The molecule has 0 spiro atoms. The molecule has 2 amide bonds. The van der Waals surface area contributed by atoms with Crippen molar-refractivity contribution in [3.8, 4) is 11.5 Å². The van der Waals surface area contributed by atoms with Crippen LogP contribution < -0.4 is 20.1 Å². The van der Waals surface area contributed by atoms with Crippen LogP contribution in [-0.2, 0) is 14.3 Å². The first-order valence-electron chi connectivity index (χ1n) is 9.72. The molecule has 2 N–H and O–H groups in total. The van der Waals surface area contributed by atoms with E-state index in [1.807, 2.05) is 6.92 Å². The molecular weight excluding hydrogens is 426 g/mol. The second-order valence-electron chi connectivity index (χ2n) is 7.31. The monoisotopic (exact) mass is 448 g/mol. The molecule has 2 atom stereocenters. The third kappa shape index (κ3) is 5.32. The van der Waals surface area contributed by atoms with E-state index in [4.69, 9.17) is 14.2 Å². The van der Waals surface area contributed by atoms with Crippen LogP contribution in [0.4, 0.5) is 20.2 Å². The smallest absolute Gasteiger partial charge is 0.340 e. The Morgan fingerprint density at radius 1 is 1.00 bits per heavy atom. The summed E-state index contributed by atoms with van der Waals surface area (Å²) in [5.41, 5.74) is -0.170. The SMILES string of the molecule is COc1cc(NC(=O)C2CC2C)c(C(=O)OCC(=O)Nc2ccc(F)cc2F)cc1OC. The Hall–Kier alpha value is -3.69. The Morgan fingerprint density at radius 3 is 2.25 bits per heavy atom.